The highest BCUT2D eigenvalue weighted by Gasteiger charge is 2.26. The Hall–Kier alpha value is -3.41. The molecule has 0 spiro atoms. The Bertz CT molecular complexity index is 1350. The van der Waals surface area contributed by atoms with Crippen LogP contribution in [0.5, 0.6) is 5.75 Å². The van der Waals surface area contributed by atoms with E-state index in [1.807, 2.05) is 43.3 Å². The molecular weight excluding hydrogens is 432 g/mol. The molecule has 4 aromatic carbocycles. The van der Waals surface area contributed by atoms with Gasteiger partial charge in [0.25, 0.3) is 10.1 Å². The van der Waals surface area contributed by atoms with Crippen LogP contribution >= 0.6 is 0 Å². The molecule has 0 bridgehead atoms. The van der Waals surface area contributed by atoms with Gasteiger partial charge in [-0.25, -0.2) is 0 Å². The van der Waals surface area contributed by atoms with Crippen molar-refractivity contribution >= 4 is 10.1 Å². The van der Waals surface area contributed by atoms with Crippen LogP contribution in [0.25, 0.3) is 11.1 Å². The van der Waals surface area contributed by atoms with Crippen LogP contribution in [0.2, 0.25) is 0 Å². The monoisotopic (exact) mass is 458 g/mol. The summed E-state index contributed by atoms with van der Waals surface area (Å²) in [5, 5.41) is 10.8. The summed E-state index contributed by atoms with van der Waals surface area (Å²) in [6.07, 6.45) is 0. The van der Waals surface area contributed by atoms with E-state index in [0.717, 1.165) is 11.1 Å². The second-order valence-electron chi connectivity index (χ2n) is 8.23. The molecule has 5 heteroatoms. The summed E-state index contributed by atoms with van der Waals surface area (Å²) in [6, 6.07) is 29.9. The molecule has 0 amide bonds. The number of aromatic hydroxyl groups is 1. The Balaban J connectivity index is 1.79. The number of rotatable bonds is 6. The molecule has 0 saturated carbocycles. The van der Waals surface area contributed by atoms with E-state index < -0.39 is 10.1 Å². The molecule has 0 aliphatic heterocycles. The van der Waals surface area contributed by atoms with Crippen LogP contribution in [0.15, 0.2) is 102 Å². The minimum atomic E-state index is -4.50. The van der Waals surface area contributed by atoms with Gasteiger partial charge in [0.2, 0.25) is 0 Å². The third-order valence-corrected chi connectivity index (χ3v) is 7.09. The minimum absolute atomic E-state index is 0.0181. The Morgan fingerprint density at radius 3 is 1.67 bits per heavy atom. The molecule has 2 atom stereocenters. The summed E-state index contributed by atoms with van der Waals surface area (Å²) in [7, 11) is -4.50. The molecule has 4 rings (SSSR count). The van der Waals surface area contributed by atoms with Gasteiger partial charge in [0.1, 0.15) is 10.6 Å². The van der Waals surface area contributed by atoms with Gasteiger partial charge in [0.15, 0.2) is 0 Å². The van der Waals surface area contributed by atoms with E-state index in [-0.39, 0.29) is 22.5 Å². The highest BCUT2D eigenvalue weighted by Crippen LogP contribution is 2.42. The first-order valence-electron chi connectivity index (χ1n) is 10.8. The van der Waals surface area contributed by atoms with Crippen LogP contribution < -0.4 is 0 Å². The van der Waals surface area contributed by atoms with Crippen LogP contribution in [0.1, 0.15) is 47.9 Å². The van der Waals surface area contributed by atoms with Crippen LogP contribution in [-0.2, 0) is 10.1 Å². The number of hydrogen-bond acceptors (Lipinski definition) is 3. The van der Waals surface area contributed by atoms with Crippen molar-refractivity contribution in [3.8, 4) is 16.9 Å². The van der Waals surface area contributed by atoms with Crippen molar-refractivity contribution in [1.82, 2.24) is 0 Å². The molecule has 168 valence electrons. The SMILES string of the molecule is CC(c1ccccc1)c1ccc(C(C)c2c(O)ccc(S(=O)(=O)O)c2-c2ccccc2)cc1. The van der Waals surface area contributed by atoms with Crippen molar-refractivity contribution in [1.29, 1.82) is 0 Å². The number of hydrogen-bond donors (Lipinski definition) is 2. The zero-order valence-corrected chi connectivity index (χ0v) is 19.3. The third kappa shape index (κ3) is 4.70. The van der Waals surface area contributed by atoms with Crippen molar-refractivity contribution in [2.45, 2.75) is 30.6 Å². The van der Waals surface area contributed by atoms with E-state index >= 15 is 0 Å². The van der Waals surface area contributed by atoms with Crippen LogP contribution in [-0.4, -0.2) is 18.1 Å². The van der Waals surface area contributed by atoms with Crippen molar-refractivity contribution in [2.24, 2.45) is 0 Å². The van der Waals surface area contributed by atoms with Gasteiger partial charge < -0.3 is 5.11 Å². The molecular formula is C28H26O4S. The molecule has 0 heterocycles. The van der Waals surface area contributed by atoms with Crippen molar-refractivity contribution < 1.29 is 18.1 Å². The van der Waals surface area contributed by atoms with Gasteiger partial charge in [-0.3, -0.25) is 4.55 Å². The second kappa shape index (κ2) is 9.22. The van der Waals surface area contributed by atoms with Crippen molar-refractivity contribution in [3.05, 3.63) is 119 Å². The fraction of sp³-hybridized carbons (Fsp3) is 0.143. The second-order valence-corrected chi connectivity index (χ2v) is 9.62. The molecule has 4 aromatic rings. The molecule has 0 aromatic heterocycles. The van der Waals surface area contributed by atoms with Crippen molar-refractivity contribution in [3.63, 3.8) is 0 Å². The number of phenols is 1. The summed E-state index contributed by atoms with van der Waals surface area (Å²) in [5.74, 6) is -0.106. The number of phenolic OH excluding ortho intramolecular Hbond substituents is 1. The average molecular weight is 459 g/mol. The van der Waals surface area contributed by atoms with E-state index in [1.165, 1.54) is 17.7 Å². The maximum Gasteiger partial charge on any atom is 0.295 e. The predicted molar refractivity (Wildman–Crippen MR) is 131 cm³/mol. The van der Waals surface area contributed by atoms with Gasteiger partial charge in [-0.05, 0) is 34.4 Å². The van der Waals surface area contributed by atoms with Crippen LogP contribution in [0, 0.1) is 0 Å². The predicted octanol–water partition coefficient (Wildman–Crippen LogP) is 6.61. The lowest BCUT2D eigenvalue weighted by Gasteiger charge is -2.21. The Labute approximate surface area is 194 Å². The van der Waals surface area contributed by atoms with E-state index in [1.54, 1.807) is 24.3 Å². The van der Waals surface area contributed by atoms with E-state index in [9.17, 15) is 18.1 Å². The fourth-order valence-electron chi connectivity index (χ4n) is 4.32. The summed E-state index contributed by atoms with van der Waals surface area (Å²) in [5.41, 5.74) is 4.70. The summed E-state index contributed by atoms with van der Waals surface area (Å²) >= 11 is 0. The number of benzene rings is 4. The standard InChI is InChI=1S/C28H26O4S/c1-19(21-9-5-3-6-10-21)22-13-15-23(16-14-22)20(2)27-25(29)17-18-26(33(30,31)32)28(27)24-11-7-4-8-12-24/h3-20,29H,1-2H3,(H,30,31,32). The first kappa shape index (κ1) is 22.8. The van der Waals surface area contributed by atoms with E-state index in [4.69, 9.17) is 0 Å². The molecule has 4 nitrogen and oxygen atoms in total. The largest absolute Gasteiger partial charge is 0.508 e. The zero-order valence-electron chi connectivity index (χ0n) is 18.5. The molecule has 0 radical (unpaired) electrons. The summed E-state index contributed by atoms with van der Waals surface area (Å²) in [4.78, 5) is -0.220. The molecule has 2 N–H and O–H groups in total. The van der Waals surface area contributed by atoms with Crippen LogP contribution in [0.4, 0.5) is 0 Å². The van der Waals surface area contributed by atoms with Gasteiger partial charge in [-0.2, -0.15) is 8.42 Å². The van der Waals surface area contributed by atoms with Crippen LogP contribution in [0.3, 0.4) is 0 Å². The van der Waals surface area contributed by atoms with Gasteiger partial charge >= 0.3 is 0 Å². The van der Waals surface area contributed by atoms with Gasteiger partial charge in [-0.15, -0.1) is 0 Å². The Morgan fingerprint density at radius 2 is 1.12 bits per heavy atom. The smallest absolute Gasteiger partial charge is 0.295 e. The first-order chi connectivity index (χ1) is 15.8. The lowest BCUT2D eigenvalue weighted by atomic mass is 9.85. The van der Waals surface area contributed by atoms with Crippen molar-refractivity contribution in [2.75, 3.05) is 0 Å². The Morgan fingerprint density at radius 1 is 0.636 bits per heavy atom. The topological polar surface area (TPSA) is 74.6 Å². The quantitative estimate of drug-likeness (QED) is 0.319. The fourth-order valence-corrected chi connectivity index (χ4v) is 5.04. The minimum Gasteiger partial charge on any atom is -0.508 e. The summed E-state index contributed by atoms with van der Waals surface area (Å²) in [6.45, 7) is 4.08. The van der Waals surface area contributed by atoms with Gasteiger partial charge in [0.05, 0.1) is 0 Å². The highest BCUT2D eigenvalue weighted by atomic mass is 32.2. The van der Waals surface area contributed by atoms with E-state index in [0.29, 0.717) is 16.7 Å². The molecule has 2 unspecified atom stereocenters. The molecule has 0 saturated heterocycles. The molecule has 33 heavy (non-hydrogen) atoms. The van der Waals surface area contributed by atoms with Gasteiger partial charge in [-0.1, -0.05) is 98.8 Å². The maximum atomic E-state index is 12.2. The average Bonchev–Trinajstić information content (AvgIpc) is 2.83. The normalized spacial score (nSPS) is 13.4. The van der Waals surface area contributed by atoms with Gasteiger partial charge in [0, 0.05) is 23.0 Å². The Kier molecular flexibility index (Phi) is 6.36. The summed E-state index contributed by atoms with van der Waals surface area (Å²) < 4.78 is 34.3. The molecule has 0 fully saturated rings. The molecule has 0 aliphatic carbocycles. The lowest BCUT2D eigenvalue weighted by Crippen LogP contribution is -2.07. The zero-order chi connectivity index (χ0) is 23.6. The first-order valence-corrected chi connectivity index (χ1v) is 12.2. The maximum absolute atomic E-state index is 12.2. The van der Waals surface area contributed by atoms with E-state index in [2.05, 4.69) is 31.2 Å². The highest BCUT2D eigenvalue weighted by molar-refractivity contribution is 7.86. The third-order valence-electron chi connectivity index (χ3n) is 6.19. The lowest BCUT2D eigenvalue weighted by molar-refractivity contribution is 0.464. The molecule has 0 aliphatic rings.